The second-order valence-corrected chi connectivity index (χ2v) is 3.79. The second-order valence-electron chi connectivity index (χ2n) is 3.79. The lowest BCUT2D eigenvalue weighted by Crippen LogP contribution is -2.40. The van der Waals surface area contributed by atoms with Gasteiger partial charge in [0.05, 0.1) is 0 Å². The summed E-state index contributed by atoms with van der Waals surface area (Å²) in [5, 5.41) is 11.9. The van der Waals surface area contributed by atoms with Crippen LogP contribution in [0.3, 0.4) is 0 Å². The fourth-order valence-electron chi connectivity index (χ4n) is 1.88. The molecule has 1 heterocycles. The Labute approximate surface area is 89.4 Å². The van der Waals surface area contributed by atoms with Crippen LogP contribution in [0.1, 0.15) is 25.7 Å². The number of rotatable bonds is 5. The van der Waals surface area contributed by atoms with Crippen LogP contribution >= 0.6 is 0 Å². The summed E-state index contributed by atoms with van der Waals surface area (Å²) in [5.41, 5.74) is 0. The van der Waals surface area contributed by atoms with Crippen LogP contribution in [0.2, 0.25) is 0 Å². The van der Waals surface area contributed by atoms with Crippen LogP contribution in [0.15, 0.2) is 0 Å². The van der Waals surface area contributed by atoms with Gasteiger partial charge in [0.1, 0.15) is 6.04 Å². The Hall–Kier alpha value is -1.10. The van der Waals surface area contributed by atoms with Crippen LogP contribution in [0.5, 0.6) is 0 Å². The molecule has 0 aromatic carbocycles. The predicted octanol–water partition coefficient (Wildman–Crippen LogP) is 0.0616. The summed E-state index contributed by atoms with van der Waals surface area (Å²) >= 11 is 0. The standard InChI is InChI=1S/C10H18N2O3/c1-11-6-2-5-9(13)12-7-3-4-8(12)10(14)15/h8,11H,2-7H2,1H3,(H,14,15). The number of nitrogens with zero attached hydrogens (tertiary/aromatic N) is 1. The van der Waals surface area contributed by atoms with Gasteiger partial charge in [0.15, 0.2) is 0 Å². The van der Waals surface area contributed by atoms with Crippen molar-refractivity contribution in [3.05, 3.63) is 0 Å². The first-order chi connectivity index (χ1) is 7.16. The van der Waals surface area contributed by atoms with E-state index in [0.29, 0.717) is 19.4 Å². The second kappa shape index (κ2) is 5.70. The SMILES string of the molecule is CNCCCC(=O)N1CCCC1C(=O)O. The van der Waals surface area contributed by atoms with E-state index in [2.05, 4.69) is 5.32 Å². The fourth-order valence-corrected chi connectivity index (χ4v) is 1.88. The Morgan fingerprint density at radius 1 is 1.53 bits per heavy atom. The highest BCUT2D eigenvalue weighted by Gasteiger charge is 2.33. The maximum absolute atomic E-state index is 11.7. The van der Waals surface area contributed by atoms with E-state index in [0.717, 1.165) is 19.4 Å². The third-order valence-electron chi connectivity index (χ3n) is 2.68. The van der Waals surface area contributed by atoms with E-state index in [1.807, 2.05) is 7.05 Å². The number of hydrogen-bond acceptors (Lipinski definition) is 3. The average molecular weight is 214 g/mol. The Morgan fingerprint density at radius 3 is 2.87 bits per heavy atom. The molecule has 1 saturated heterocycles. The molecule has 1 unspecified atom stereocenters. The maximum atomic E-state index is 11.7. The largest absolute Gasteiger partial charge is 0.480 e. The summed E-state index contributed by atoms with van der Waals surface area (Å²) in [6.45, 7) is 1.38. The molecule has 15 heavy (non-hydrogen) atoms. The molecule has 86 valence electrons. The lowest BCUT2D eigenvalue weighted by molar-refractivity contribution is -0.148. The number of amides is 1. The van der Waals surface area contributed by atoms with Crippen molar-refractivity contribution in [2.75, 3.05) is 20.1 Å². The monoisotopic (exact) mass is 214 g/mol. The van der Waals surface area contributed by atoms with Crippen molar-refractivity contribution in [3.8, 4) is 0 Å². The van der Waals surface area contributed by atoms with Gasteiger partial charge >= 0.3 is 5.97 Å². The molecule has 1 fully saturated rings. The topological polar surface area (TPSA) is 69.6 Å². The zero-order valence-electron chi connectivity index (χ0n) is 9.03. The van der Waals surface area contributed by atoms with Gasteiger partial charge in [-0.2, -0.15) is 0 Å². The van der Waals surface area contributed by atoms with Gasteiger partial charge in [-0.1, -0.05) is 0 Å². The summed E-state index contributed by atoms with van der Waals surface area (Å²) in [4.78, 5) is 24.0. The third-order valence-corrected chi connectivity index (χ3v) is 2.68. The Kier molecular flexibility index (Phi) is 4.55. The van der Waals surface area contributed by atoms with Gasteiger partial charge in [0.25, 0.3) is 0 Å². The van der Waals surface area contributed by atoms with Crippen molar-refractivity contribution < 1.29 is 14.7 Å². The van der Waals surface area contributed by atoms with Gasteiger partial charge in [-0.3, -0.25) is 4.79 Å². The summed E-state index contributed by atoms with van der Waals surface area (Å²) < 4.78 is 0. The summed E-state index contributed by atoms with van der Waals surface area (Å²) in [7, 11) is 1.83. The van der Waals surface area contributed by atoms with Crippen molar-refractivity contribution in [3.63, 3.8) is 0 Å². The molecule has 0 aromatic heterocycles. The molecule has 0 radical (unpaired) electrons. The first-order valence-corrected chi connectivity index (χ1v) is 5.33. The van der Waals surface area contributed by atoms with Gasteiger partial charge in [-0.05, 0) is 32.9 Å². The van der Waals surface area contributed by atoms with Crippen LogP contribution in [-0.2, 0) is 9.59 Å². The smallest absolute Gasteiger partial charge is 0.326 e. The highest BCUT2D eigenvalue weighted by Crippen LogP contribution is 2.18. The van der Waals surface area contributed by atoms with Crippen molar-refractivity contribution in [2.45, 2.75) is 31.7 Å². The van der Waals surface area contributed by atoms with E-state index in [-0.39, 0.29) is 5.91 Å². The molecular formula is C10H18N2O3. The lowest BCUT2D eigenvalue weighted by atomic mass is 10.2. The molecule has 1 aliphatic heterocycles. The van der Waals surface area contributed by atoms with Gasteiger partial charge in [-0.15, -0.1) is 0 Å². The van der Waals surface area contributed by atoms with Crippen molar-refractivity contribution in [2.24, 2.45) is 0 Å². The summed E-state index contributed by atoms with van der Waals surface area (Å²) in [6, 6.07) is -0.591. The fraction of sp³-hybridized carbons (Fsp3) is 0.800. The zero-order chi connectivity index (χ0) is 11.3. The average Bonchev–Trinajstić information content (AvgIpc) is 2.66. The molecule has 5 nitrogen and oxygen atoms in total. The lowest BCUT2D eigenvalue weighted by Gasteiger charge is -2.21. The first kappa shape index (κ1) is 12.0. The number of likely N-dealkylation sites (tertiary alicyclic amines) is 1. The number of carboxylic acids is 1. The molecule has 2 N–H and O–H groups in total. The maximum Gasteiger partial charge on any atom is 0.326 e. The number of carbonyl (C=O) groups excluding carboxylic acids is 1. The Bertz CT molecular complexity index is 243. The molecule has 0 saturated carbocycles. The number of aliphatic carboxylic acids is 1. The Balaban J connectivity index is 2.40. The molecule has 0 spiro atoms. The van der Waals surface area contributed by atoms with Crippen molar-refractivity contribution in [1.82, 2.24) is 10.2 Å². The molecule has 1 aliphatic rings. The normalized spacial score (nSPS) is 20.6. The Morgan fingerprint density at radius 2 is 2.27 bits per heavy atom. The van der Waals surface area contributed by atoms with Gasteiger partial charge in [0, 0.05) is 13.0 Å². The molecule has 0 bridgehead atoms. The van der Waals surface area contributed by atoms with Crippen LogP contribution in [-0.4, -0.2) is 48.1 Å². The number of nitrogens with one attached hydrogen (secondary N) is 1. The quantitative estimate of drug-likeness (QED) is 0.635. The minimum atomic E-state index is -0.880. The number of hydrogen-bond donors (Lipinski definition) is 2. The van der Waals surface area contributed by atoms with E-state index in [9.17, 15) is 9.59 Å². The van der Waals surface area contributed by atoms with Crippen LogP contribution < -0.4 is 5.32 Å². The predicted molar refractivity (Wildman–Crippen MR) is 55.5 cm³/mol. The summed E-state index contributed by atoms with van der Waals surface area (Å²) in [6.07, 6.45) is 2.59. The first-order valence-electron chi connectivity index (χ1n) is 5.33. The van der Waals surface area contributed by atoms with E-state index in [1.165, 1.54) is 4.90 Å². The molecule has 0 aromatic rings. The van der Waals surface area contributed by atoms with Gasteiger partial charge < -0.3 is 15.3 Å². The minimum Gasteiger partial charge on any atom is -0.480 e. The van der Waals surface area contributed by atoms with Gasteiger partial charge in [0.2, 0.25) is 5.91 Å². The minimum absolute atomic E-state index is 0.0323. The molecule has 1 atom stereocenters. The van der Waals surface area contributed by atoms with Crippen molar-refractivity contribution in [1.29, 1.82) is 0 Å². The van der Waals surface area contributed by atoms with E-state index >= 15 is 0 Å². The molecule has 1 rings (SSSR count). The van der Waals surface area contributed by atoms with Crippen LogP contribution in [0.4, 0.5) is 0 Å². The number of carbonyl (C=O) groups is 2. The van der Waals surface area contributed by atoms with E-state index in [1.54, 1.807) is 0 Å². The number of carboxylic acid groups (broad SMARTS) is 1. The molecule has 5 heteroatoms. The van der Waals surface area contributed by atoms with E-state index < -0.39 is 12.0 Å². The van der Waals surface area contributed by atoms with Crippen molar-refractivity contribution >= 4 is 11.9 Å². The van der Waals surface area contributed by atoms with E-state index in [4.69, 9.17) is 5.11 Å². The summed E-state index contributed by atoms with van der Waals surface area (Å²) in [5.74, 6) is -0.912. The zero-order valence-corrected chi connectivity index (χ0v) is 9.03. The molecular weight excluding hydrogens is 196 g/mol. The van der Waals surface area contributed by atoms with Crippen LogP contribution in [0.25, 0.3) is 0 Å². The van der Waals surface area contributed by atoms with Crippen LogP contribution in [0, 0.1) is 0 Å². The molecule has 1 amide bonds. The molecule has 0 aliphatic carbocycles. The highest BCUT2D eigenvalue weighted by atomic mass is 16.4. The highest BCUT2D eigenvalue weighted by molar-refractivity contribution is 5.84. The third kappa shape index (κ3) is 3.20. The van der Waals surface area contributed by atoms with Gasteiger partial charge in [-0.25, -0.2) is 4.79 Å².